The van der Waals surface area contributed by atoms with E-state index in [9.17, 15) is 18.0 Å². The van der Waals surface area contributed by atoms with Crippen molar-refractivity contribution < 1.29 is 27.8 Å². The minimum absolute atomic E-state index is 0.00273. The summed E-state index contributed by atoms with van der Waals surface area (Å²) in [6, 6.07) is 0. The van der Waals surface area contributed by atoms with E-state index in [1.165, 1.54) is 0 Å². The molecule has 6 heteroatoms. The van der Waals surface area contributed by atoms with Crippen LogP contribution in [-0.2, 0) is 9.53 Å². The van der Waals surface area contributed by atoms with E-state index in [-0.39, 0.29) is 19.3 Å². The van der Waals surface area contributed by atoms with Crippen LogP contribution in [0.2, 0.25) is 0 Å². The largest absolute Gasteiger partial charge is 0.467 e. The van der Waals surface area contributed by atoms with Gasteiger partial charge in [0.2, 0.25) is 0 Å². The van der Waals surface area contributed by atoms with Gasteiger partial charge in [0.25, 0.3) is 0 Å². The molecule has 0 rings (SSSR count). The van der Waals surface area contributed by atoms with Gasteiger partial charge >= 0.3 is 12.1 Å². The number of ether oxygens (including phenoxy) is 1. The van der Waals surface area contributed by atoms with Gasteiger partial charge in [-0.25, -0.2) is 4.79 Å². The molecule has 0 aliphatic carbocycles. The number of esters is 1. The number of alkyl halides is 3. The van der Waals surface area contributed by atoms with Crippen molar-refractivity contribution in [3.05, 3.63) is 0 Å². The van der Waals surface area contributed by atoms with E-state index in [0.29, 0.717) is 0 Å². The lowest BCUT2D eigenvalue weighted by molar-refractivity contribution is -0.150. The molecule has 1 unspecified atom stereocenters. The van der Waals surface area contributed by atoms with Crippen molar-refractivity contribution in [3.8, 4) is 0 Å². The van der Waals surface area contributed by atoms with Crippen LogP contribution in [0.3, 0.4) is 0 Å². The van der Waals surface area contributed by atoms with E-state index in [4.69, 9.17) is 5.11 Å². The average molecular weight is 214 g/mol. The Balaban J connectivity index is 3.50. The molecule has 1 atom stereocenters. The quantitative estimate of drug-likeness (QED) is 0.559. The number of carbonyl (C=O) groups excluding carboxylic acids is 1. The van der Waals surface area contributed by atoms with Crippen molar-refractivity contribution in [1.82, 2.24) is 0 Å². The van der Waals surface area contributed by atoms with Gasteiger partial charge in [-0.05, 0) is 19.3 Å². The molecule has 0 spiro atoms. The van der Waals surface area contributed by atoms with E-state index >= 15 is 0 Å². The first-order valence-electron chi connectivity index (χ1n) is 4.19. The third kappa shape index (κ3) is 6.71. The van der Waals surface area contributed by atoms with Crippen molar-refractivity contribution in [2.24, 2.45) is 0 Å². The van der Waals surface area contributed by atoms with Gasteiger partial charge in [0, 0.05) is 6.42 Å². The molecule has 0 radical (unpaired) electrons. The molecule has 0 amide bonds. The van der Waals surface area contributed by atoms with Gasteiger partial charge in [0.1, 0.15) is 0 Å². The summed E-state index contributed by atoms with van der Waals surface area (Å²) in [5.74, 6) is -0.808. The highest BCUT2D eigenvalue weighted by atomic mass is 19.4. The van der Waals surface area contributed by atoms with Crippen LogP contribution in [0.5, 0.6) is 0 Å². The molecule has 3 nitrogen and oxygen atoms in total. The Hall–Kier alpha value is -0.780. The lowest BCUT2D eigenvalue weighted by Gasteiger charge is -2.08. The van der Waals surface area contributed by atoms with E-state index in [1.54, 1.807) is 0 Å². The number of aliphatic hydroxyl groups excluding tert-OH is 1. The van der Waals surface area contributed by atoms with E-state index < -0.39 is 24.7 Å². The minimum Gasteiger partial charge on any atom is -0.467 e. The molecular formula is C8H13F3O3. The highest BCUT2D eigenvalue weighted by Crippen LogP contribution is 2.22. The van der Waals surface area contributed by atoms with Gasteiger partial charge in [-0.15, -0.1) is 0 Å². The van der Waals surface area contributed by atoms with Crippen molar-refractivity contribution in [2.45, 2.75) is 38.0 Å². The van der Waals surface area contributed by atoms with Crippen LogP contribution in [-0.4, -0.2) is 30.5 Å². The second-order valence-corrected chi connectivity index (χ2v) is 2.90. The summed E-state index contributed by atoms with van der Waals surface area (Å²) in [4.78, 5) is 10.6. The Morgan fingerprint density at radius 2 is 2.00 bits per heavy atom. The Bertz CT molecular complexity index is 179. The number of aliphatic hydroxyl groups is 1. The molecule has 0 saturated heterocycles. The first kappa shape index (κ1) is 13.2. The molecule has 0 aliphatic heterocycles. The van der Waals surface area contributed by atoms with E-state index in [2.05, 4.69) is 4.74 Å². The van der Waals surface area contributed by atoms with Crippen LogP contribution < -0.4 is 0 Å². The molecule has 0 aliphatic rings. The number of carbonyl (C=O) groups is 1. The Morgan fingerprint density at radius 3 is 2.43 bits per heavy atom. The molecule has 0 fully saturated rings. The maximum atomic E-state index is 11.7. The summed E-state index contributed by atoms with van der Waals surface area (Å²) in [6.07, 6.45) is -6.30. The molecular weight excluding hydrogens is 201 g/mol. The van der Waals surface area contributed by atoms with Crippen molar-refractivity contribution in [1.29, 1.82) is 0 Å². The van der Waals surface area contributed by atoms with Crippen LogP contribution in [0.1, 0.15) is 25.7 Å². The van der Waals surface area contributed by atoms with Gasteiger partial charge in [-0.1, -0.05) is 0 Å². The zero-order chi connectivity index (χ0) is 11.2. The first-order valence-corrected chi connectivity index (χ1v) is 4.19. The normalized spacial score (nSPS) is 13.8. The number of halogens is 3. The van der Waals surface area contributed by atoms with Crippen LogP contribution in [0.4, 0.5) is 13.2 Å². The average Bonchev–Trinajstić information content (AvgIpc) is 2.09. The number of unbranched alkanes of at least 4 members (excludes halogenated alkanes) is 1. The summed E-state index contributed by atoms with van der Waals surface area (Å²) in [6.45, 7) is 0. The molecule has 0 saturated carbocycles. The first-order chi connectivity index (χ1) is 6.37. The molecule has 0 aromatic heterocycles. The summed E-state index contributed by atoms with van der Waals surface area (Å²) in [5, 5.41) is 8.99. The smallest absolute Gasteiger partial charge is 0.389 e. The van der Waals surface area contributed by atoms with E-state index in [0.717, 1.165) is 7.11 Å². The second kappa shape index (κ2) is 5.85. The zero-order valence-electron chi connectivity index (χ0n) is 7.80. The molecule has 84 valence electrons. The zero-order valence-corrected chi connectivity index (χ0v) is 7.80. The molecule has 14 heavy (non-hydrogen) atoms. The Morgan fingerprint density at radius 1 is 1.43 bits per heavy atom. The van der Waals surface area contributed by atoms with Gasteiger partial charge in [-0.2, -0.15) is 13.2 Å². The van der Waals surface area contributed by atoms with Crippen LogP contribution in [0.15, 0.2) is 0 Å². The van der Waals surface area contributed by atoms with Gasteiger partial charge in [-0.3, -0.25) is 0 Å². The summed E-state index contributed by atoms with van der Waals surface area (Å²) >= 11 is 0. The van der Waals surface area contributed by atoms with Crippen molar-refractivity contribution >= 4 is 5.97 Å². The fourth-order valence-corrected chi connectivity index (χ4v) is 0.917. The highest BCUT2D eigenvalue weighted by molar-refractivity contribution is 5.74. The lowest BCUT2D eigenvalue weighted by atomic mass is 10.1. The molecule has 1 N–H and O–H groups in total. The molecule has 0 heterocycles. The summed E-state index contributed by atoms with van der Waals surface area (Å²) < 4.78 is 39.2. The van der Waals surface area contributed by atoms with Crippen LogP contribution in [0.25, 0.3) is 0 Å². The van der Waals surface area contributed by atoms with Crippen LogP contribution >= 0.6 is 0 Å². The van der Waals surface area contributed by atoms with E-state index in [1.807, 2.05) is 0 Å². The minimum atomic E-state index is -4.17. The Labute approximate surface area is 79.9 Å². The number of methoxy groups -OCH3 is 1. The molecule has 0 aromatic carbocycles. The molecule has 0 bridgehead atoms. The standard InChI is InChI=1S/C8H13F3O3/c1-14-7(13)6(12)4-2-3-5-8(9,10)11/h6,12H,2-5H2,1H3. The monoisotopic (exact) mass is 214 g/mol. The number of hydrogen-bond acceptors (Lipinski definition) is 3. The number of rotatable bonds is 5. The fourth-order valence-electron chi connectivity index (χ4n) is 0.917. The predicted molar refractivity (Wildman–Crippen MR) is 42.5 cm³/mol. The number of hydrogen-bond donors (Lipinski definition) is 1. The van der Waals surface area contributed by atoms with Crippen molar-refractivity contribution in [3.63, 3.8) is 0 Å². The topological polar surface area (TPSA) is 46.5 Å². The second-order valence-electron chi connectivity index (χ2n) is 2.90. The summed E-state index contributed by atoms with van der Waals surface area (Å²) in [7, 11) is 1.11. The summed E-state index contributed by atoms with van der Waals surface area (Å²) in [5.41, 5.74) is 0. The predicted octanol–water partition coefficient (Wildman–Crippen LogP) is 1.64. The highest BCUT2D eigenvalue weighted by Gasteiger charge is 2.26. The lowest BCUT2D eigenvalue weighted by Crippen LogP contribution is -2.21. The SMILES string of the molecule is COC(=O)C(O)CCCCC(F)(F)F. The fraction of sp³-hybridized carbons (Fsp3) is 0.875. The third-order valence-corrected chi connectivity index (χ3v) is 1.66. The maximum Gasteiger partial charge on any atom is 0.389 e. The molecule has 0 aromatic rings. The Kier molecular flexibility index (Phi) is 5.52. The van der Waals surface area contributed by atoms with Crippen molar-refractivity contribution in [2.75, 3.05) is 7.11 Å². The van der Waals surface area contributed by atoms with Gasteiger partial charge in [0.15, 0.2) is 6.10 Å². The van der Waals surface area contributed by atoms with Gasteiger partial charge in [0.05, 0.1) is 7.11 Å². The van der Waals surface area contributed by atoms with Crippen LogP contribution in [0, 0.1) is 0 Å². The maximum absolute atomic E-state index is 11.7. The third-order valence-electron chi connectivity index (χ3n) is 1.66. The van der Waals surface area contributed by atoms with Gasteiger partial charge < -0.3 is 9.84 Å².